The van der Waals surface area contributed by atoms with Crippen molar-refractivity contribution in [2.45, 2.75) is 19.4 Å². The maximum atomic E-state index is 11.4. The van der Waals surface area contributed by atoms with Gasteiger partial charge in [-0.15, -0.1) is 10.2 Å². The largest absolute Gasteiger partial charge is 0.346 e. The number of aromatic nitrogens is 2. The minimum atomic E-state index is -0.350. The first-order valence-corrected chi connectivity index (χ1v) is 4.99. The number of nitriles is 1. The molecule has 0 spiro atoms. The van der Waals surface area contributed by atoms with Crippen LogP contribution in [0.1, 0.15) is 23.1 Å². The van der Waals surface area contributed by atoms with Gasteiger partial charge in [0.1, 0.15) is 0 Å². The number of amides is 1. The van der Waals surface area contributed by atoms with Crippen molar-refractivity contribution in [3.63, 3.8) is 0 Å². The monoisotopic (exact) mass is 230 g/mol. The molecule has 7 heteroatoms. The highest BCUT2D eigenvalue weighted by atomic mass is 35.5. The van der Waals surface area contributed by atoms with Crippen molar-refractivity contribution in [1.82, 2.24) is 15.5 Å². The molecule has 0 fully saturated rings. The molecule has 0 aliphatic rings. The van der Waals surface area contributed by atoms with Gasteiger partial charge in [0.2, 0.25) is 9.47 Å². The fourth-order valence-corrected chi connectivity index (χ4v) is 1.50. The second-order valence-electron chi connectivity index (χ2n) is 2.60. The first kappa shape index (κ1) is 10.9. The molecule has 0 radical (unpaired) electrons. The summed E-state index contributed by atoms with van der Waals surface area (Å²) in [6, 6.07) is 1.76. The molecule has 0 saturated carbocycles. The summed E-state index contributed by atoms with van der Waals surface area (Å²) in [6.45, 7) is 1.74. The molecule has 0 aromatic carbocycles. The van der Waals surface area contributed by atoms with Crippen molar-refractivity contribution < 1.29 is 4.79 Å². The van der Waals surface area contributed by atoms with E-state index in [1.807, 2.05) is 6.07 Å². The lowest BCUT2D eigenvalue weighted by Gasteiger charge is -2.07. The SMILES string of the molecule is CC(CC#N)NC(=O)c1nnc(Cl)s1. The van der Waals surface area contributed by atoms with Gasteiger partial charge in [0.15, 0.2) is 0 Å². The van der Waals surface area contributed by atoms with Gasteiger partial charge in [-0.25, -0.2) is 0 Å². The molecular weight excluding hydrogens is 224 g/mol. The summed E-state index contributed by atoms with van der Waals surface area (Å²) in [4.78, 5) is 11.4. The summed E-state index contributed by atoms with van der Waals surface area (Å²) in [6.07, 6.45) is 0.262. The predicted molar refractivity (Wildman–Crippen MR) is 52.1 cm³/mol. The van der Waals surface area contributed by atoms with Crippen molar-refractivity contribution in [2.75, 3.05) is 0 Å². The molecule has 1 aromatic rings. The molecule has 0 aliphatic carbocycles. The second kappa shape index (κ2) is 4.88. The third-order valence-electron chi connectivity index (χ3n) is 1.37. The van der Waals surface area contributed by atoms with Gasteiger partial charge in [0.25, 0.3) is 5.91 Å². The number of nitrogens with zero attached hydrogens (tertiary/aromatic N) is 3. The Morgan fingerprint density at radius 3 is 3.00 bits per heavy atom. The zero-order valence-electron chi connectivity index (χ0n) is 7.32. The van der Waals surface area contributed by atoms with Crippen molar-refractivity contribution in [3.8, 4) is 6.07 Å². The molecular formula is C7H7ClN4OS. The fraction of sp³-hybridized carbons (Fsp3) is 0.429. The van der Waals surface area contributed by atoms with E-state index < -0.39 is 0 Å². The van der Waals surface area contributed by atoms with Crippen molar-refractivity contribution in [3.05, 3.63) is 9.47 Å². The van der Waals surface area contributed by atoms with Gasteiger partial charge in [-0.2, -0.15) is 5.26 Å². The van der Waals surface area contributed by atoms with Crippen molar-refractivity contribution >= 4 is 28.8 Å². The summed E-state index contributed by atoms with van der Waals surface area (Å²) in [5.74, 6) is -0.350. The van der Waals surface area contributed by atoms with E-state index in [4.69, 9.17) is 16.9 Å². The quantitative estimate of drug-likeness (QED) is 0.847. The average Bonchev–Trinajstić information content (AvgIpc) is 2.52. The lowest BCUT2D eigenvalue weighted by atomic mass is 10.2. The molecule has 0 bridgehead atoms. The summed E-state index contributed by atoms with van der Waals surface area (Å²) in [5.41, 5.74) is 0. The van der Waals surface area contributed by atoms with E-state index in [2.05, 4.69) is 15.5 Å². The average molecular weight is 231 g/mol. The van der Waals surface area contributed by atoms with E-state index in [0.717, 1.165) is 11.3 Å². The molecule has 1 N–H and O–H groups in total. The molecule has 14 heavy (non-hydrogen) atoms. The summed E-state index contributed by atoms with van der Waals surface area (Å²) >= 11 is 6.52. The van der Waals surface area contributed by atoms with E-state index in [-0.39, 0.29) is 27.8 Å². The Morgan fingerprint density at radius 2 is 2.50 bits per heavy atom. The maximum Gasteiger partial charge on any atom is 0.282 e. The zero-order chi connectivity index (χ0) is 10.6. The van der Waals surface area contributed by atoms with Crippen LogP contribution in [-0.4, -0.2) is 22.1 Å². The number of halogens is 1. The van der Waals surface area contributed by atoms with Crippen LogP contribution in [0.3, 0.4) is 0 Å². The lowest BCUT2D eigenvalue weighted by molar-refractivity contribution is 0.0939. The van der Waals surface area contributed by atoms with E-state index in [9.17, 15) is 4.79 Å². The minimum absolute atomic E-state index is 0.199. The molecule has 1 amide bonds. The van der Waals surface area contributed by atoms with Gasteiger partial charge in [-0.05, 0) is 18.5 Å². The molecule has 1 atom stereocenters. The Labute approximate surface area is 89.7 Å². The van der Waals surface area contributed by atoms with E-state index in [1.165, 1.54) is 0 Å². The highest BCUT2D eigenvalue weighted by Crippen LogP contribution is 2.14. The molecule has 5 nitrogen and oxygen atoms in total. The first-order chi connectivity index (χ1) is 6.63. The third kappa shape index (κ3) is 2.94. The van der Waals surface area contributed by atoms with Crippen LogP contribution >= 0.6 is 22.9 Å². The smallest absolute Gasteiger partial charge is 0.282 e. The summed E-state index contributed by atoms with van der Waals surface area (Å²) < 4.78 is 0.225. The highest BCUT2D eigenvalue weighted by Gasteiger charge is 2.13. The molecule has 0 aliphatic heterocycles. The maximum absolute atomic E-state index is 11.4. The van der Waals surface area contributed by atoms with Crippen LogP contribution in [0.4, 0.5) is 0 Å². The molecule has 0 saturated heterocycles. The van der Waals surface area contributed by atoms with Crippen molar-refractivity contribution in [2.24, 2.45) is 0 Å². The van der Waals surface area contributed by atoms with E-state index in [0.29, 0.717) is 0 Å². The van der Waals surface area contributed by atoms with Crippen LogP contribution in [0.5, 0.6) is 0 Å². The number of hydrogen-bond donors (Lipinski definition) is 1. The Bertz CT molecular complexity index is 372. The van der Waals surface area contributed by atoms with Gasteiger partial charge in [-0.1, -0.05) is 11.3 Å². The molecule has 1 heterocycles. The van der Waals surface area contributed by atoms with E-state index in [1.54, 1.807) is 6.92 Å². The predicted octanol–water partition coefficient (Wildman–Crippen LogP) is 1.22. The third-order valence-corrected chi connectivity index (χ3v) is 2.39. The summed E-state index contributed by atoms with van der Waals surface area (Å²) in [7, 11) is 0. The Hall–Kier alpha value is -1.19. The number of hydrogen-bond acceptors (Lipinski definition) is 5. The highest BCUT2D eigenvalue weighted by molar-refractivity contribution is 7.17. The summed E-state index contributed by atoms with van der Waals surface area (Å²) in [5, 5.41) is 18.3. The van der Waals surface area contributed by atoms with Gasteiger partial charge in [-0.3, -0.25) is 4.79 Å². The van der Waals surface area contributed by atoms with Crippen molar-refractivity contribution in [1.29, 1.82) is 5.26 Å². The van der Waals surface area contributed by atoms with E-state index >= 15 is 0 Å². The van der Waals surface area contributed by atoms with Crippen LogP contribution in [0.25, 0.3) is 0 Å². The topological polar surface area (TPSA) is 78.7 Å². The number of carbonyl (C=O) groups excluding carboxylic acids is 1. The number of rotatable bonds is 3. The molecule has 1 rings (SSSR count). The van der Waals surface area contributed by atoms with Gasteiger partial charge < -0.3 is 5.32 Å². The Balaban J connectivity index is 2.55. The molecule has 1 aromatic heterocycles. The molecule has 74 valence electrons. The Morgan fingerprint density at radius 1 is 1.79 bits per heavy atom. The van der Waals surface area contributed by atoms with Gasteiger partial charge in [0.05, 0.1) is 12.5 Å². The van der Waals surface area contributed by atoms with Crippen LogP contribution in [0.15, 0.2) is 0 Å². The van der Waals surface area contributed by atoms with Crippen LogP contribution in [-0.2, 0) is 0 Å². The minimum Gasteiger partial charge on any atom is -0.346 e. The van der Waals surface area contributed by atoms with Gasteiger partial charge >= 0.3 is 0 Å². The standard InChI is InChI=1S/C7H7ClN4OS/c1-4(2-3-9)10-5(13)6-11-12-7(8)14-6/h4H,2H2,1H3,(H,10,13). The number of carbonyl (C=O) groups is 1. The molecule has 1 unspecified atom stereocenters. The normalized spacial score (nSPS) is 11.8. The second-order valence-corrected chi connectivity index (χ2v) is 4.16. The van der Waals surface area contributed by atoms with Crippen LogP contribution < -0.4 is 5.32 Å². The van der Waals surface area contributed by atoms with Gasteiger partial charge in [0, 0.05) is 6.04 Å². The Kier molecular flexibility index (Phi) is 3.80. The number of nitrogens with one attached hydrogen (secondary N) is 1. The lowest BCUT2D eigenvalue weighted by Crippen LogP contribution is -2.32. The van der Waals surface area contributed by atoms with Crippen LogP contribution in [0, 0.1) is 11.3 Å². The van der Waals surface area contributed by atoms with Crippen LogP contribution in [0.2, 0.25) is 4.47 Å². The fourth-order valence-electron chi connectivity index (χ4n) is 0.771. The zero-order valence-corrected chi connectivity index (χ0v) is 8.89. The first-order valence-electron chi connectivity index (χ1n) is 3.80.